The molecule has 0 aliphatic heterocycles. The summed E-state index contributed by atoms with van der Waals surface area (Å²) in [6.07, 6.45) is 0. The fourth-order valence-corrected chi connectivity index (χ4v) is 6.32. The summed E-state index contributed by atoms with van der Waals surface area (Å²) in [5, 5.41) is 6.73. The lowest BCUT2D eigenvalue weighted by molar-refractivity contribution is 0.620. The summed E-state index contributed by atoms with van der Waals surface area (Å²) >= 11 is 0. The Morgan fingerprint density at radius 3 is 1.95 bits per heavy atom. The summed E-state index contributed by atoms with van der Waals surface area (Å²) in [4.78, 5) is 7.44. The zero-order valence-electron chi connectivity index (χ0n) is 23.1. The van der Waals surface area contributed by atoms with Crippen LogP contribution < -0.4 is 4.90 Å². The van der Waals surface area contributed by atoms with Crippen molar-refractivity contribution in [2.45, 2.75) is 0 Å². The highest BCUT2D eigenvalue weighted by atomic mass is 16.4. The quantitative estimate of drug-likeness (QED) is 0.204. The maximum atomic E-state index is 6.71. The molecule has 0 aliphatic rings. The summed E-state index contributed by atoms with van der Waals surface area (Å²) in [6, 6.07) is 50.2. The predicted octanol–water partition coefficient (Wildman–Crippen LogP) is 11.2. The molecule has 0 radical (unpaired) electrons. The third-order valence-corrected chi connectivity index (χ3v) is 8.25. The van der Waals surface area contributed by atoms with Crippen LogP contribution >= 0.6 is 0 Å². The molecule has 0 aliphatic carbocycles. The average molecular weight is 553 g/mol. The molecule has 0 spiro atoms. The van der Waals surface area contributed by atoms with Crippen molar-refractivity contribution in [1.29, 1.82) is 0 Å². The van der Waals surface area contributed by atoms with Crippen LogP contribution in [0.15, 0.2) is 154 Å². The van der Waals surface area contributed by atoms with Gasteiger partial charge in [0.25, 0.3) is 0 Å². The van der Waals surface area contributed by atoms with Crippen molar-refractivity contribution >= 4 is 71.6 Å². The van der Waals surface area contributed by atoms with Crippen LogP contribution in [0.4, 0.5) is 17.1 Å². The fraction of sp³-hybridized carbons (Fsp3) is 0. The molecule has 0 atom stereocenters. The summed E-state index contributed by atoms with van der Waals surface area (Å²) < 4.78 is 13.2. The number of nitrogens with zero attached hydrogens (tertiary/aromatic N) is 2. The van der Waals surface area contributed by atoms with Gasteiger partial charge in [-0.25, -0.2) is 4.98 Å². The Bertz CT molecular complexity index is 2460. The summed E-state index contributed by atoms with van der Waals surface area (Å²) in [7, 11) is 0. The van der Waals surface area contributed by atoms with Crippen molar-refractivity contribution in [3.8, 4) is 11.5 Å². The number of furan rings is 1. The second kappa shape index (κ2) is 9.33. The third-order valence-electron chi connectivity index (χ3n) is 8.25. The highest BCUT2D eigenvalue weighted by Gasteiger charge is 2.27. The molecular formula is C39H24N2O2. The standard InChI is InChI=1S/C39H24N2O2/c1-3-13-25(14-4-1)39-40-36-35(43-39)24-32-31-21-11-12-22-34(31)42-38(32)37(36)41(27-16-5-2-6-17-27)33-23-26-15-7-8-18-28(26)29-19-9-10-20-30(29)33/h1-24H. The number of aromatic nitrogens is 1. The normalized spacial score (nSPS) is 11.7. The van der Waals surface area contributed by atoms with Crippen molar-refractivity contribution in [2.24, 2.45) is 0 Å². The topological polar surface area (TPSA) is 42.4 Å². The smallest absolute Gasteiger partial charge is 0.227 e. The fourth-order valence-electron chi connectivity index (χ4n) is 6.32. The van der Waals surface area contributed by atoms with Crippen LogP contribution in [-0.2, 0) is 0 Å². The largest absolute Gasteiger partial charge is 0.454 e. The van der Waals surface area contributed by atoms with Gasteiger partial charge in [-0.3, -0.25) is 0 Å². The molecule has 202 valence electrons. The number of benzene rings is 7. The monoisotopic (exact) mass is 552 g/mol. The Balaban J connectivity index is 1.46. The van der Waals surface area contributed by atoms with Gasteiger partial charge in [0.1, 0.15) is 16.8 Å². The Morgan fingerprint density at radius 2 is 1.14 bits per heavy atom. The molecule has 0 unspecified atom stereocenters. The first-order chi connectivity index (χ1) is 21.3. The molecule has 2 heterocycles. The lowest BCUT2D eigenvalue weighted by Crippen LogP contribution is -2.11. The van der Waals surface area contributed by atoms with Crippen molar-refractivity contribution in [3.63, 3.8) is 0 Å². The molecule has 0 saturated carbocycles. The Labute approximate surface area is 247 Å². The van der Waals surface area contributed by atoms with E-state index in [4.69, 9.17) is 13.8 Å². The first-order valence-corrected chi connectivity index (χ1v) is 14.4. The molecule has 9 aromatic rings. The van der Waals surface area contributed by atoms with Gasteiger partial charge >= 0.3 is 0 Å². The predicted molar refractivity (Wildman–Crippen MR) is 176 cm³/mol. The number of rotatable bonds is 4. The van der Waals surface area contributed by atoms with Crippen LogP contribution in [0, 0.1) is 0 Å². The van der Waals surface area contributed by atoms with E-state index < -0.39 is 0 Å². The molecule has 4 heteroatoms. The van der Waals surface area contributed by atoms with E-state index in [1.165, 1.54) is 10.8 Å². The minimum absolute atomic E-state index is 0.574. The molecule has 0 fully saturated rings. The molecule has 43 heavy (non-hydrogen) atoms. The lowest BCUT2D eigenvalue weighted by atomic mass is 9.98. The number of hydrogen-bond donors (Lipinski definition) is 0. The Hall–Kier alpha value is -5.87. The minimum Gasteiger partial charge on any atom is -0.454 e. The minimum atomic E-state index is 0.574. The zero-order valence-corrected chi connectivity index (χ0v) is 23.1. The van der Waals surface area contributed by atoms with Gasteiger partial charge < -0.3 is 13.7 Å². The van der Waals surface area contributed by atoms with Crippen LogP contribution in [0.25, 0.3) is 66.0 Å². The van der Waals surface area contributed by atoms with Gasteiger partial charge in [-0.15, -0.1) is 0 Å². The first-order valence-electron chi connectivity index (χ1n) is 14.4. The highest BCUT2D eigenvalue weighted by molar-refractivity contribution is 6.20. The van der Waals surface area contributed by atoms with E-state index in [2.05, 4.69) is 95.9 Å². The molecule has 0 bridgehead atoms. The van der Waals surface area contributed by atoms with Crippen LogP contribution in [-0.4, -0.2) is 4.98 Å². The number of anilines is 3. The molecule has 2 aromatic heterocycles. The number of oxazole rings is 1. The van der Waals surface area contributed by atoms with Crippen molar-refractivity contribution in [2.75, 3.05) is 4.90 Å². The SMILES string of the molecule is c1ccc(-c2nc3c(N(c4ccccc4)c4cc5ccccc5c5ccccc45)c4oc5ccccc5c4cc3o2)cc1. The van der Waals surface area contributed by atoms with E-state index in [-0.39, 0.29) is 0 Å². The molecule has 9 rings (SSSR count). The van der Waals surface area contributed by atoms with Gasteiger partial charge in [0.15, 0.2) is 11.2 Å². The maximum absolute atomic E-state index is 6.71. The third kappa shape index (κ3) is 3.67. The number of para-hydroxylation sites is 2. The molecule has 7 aromatic carbocycles. The van der Waals surface area contributed by atoms with E-state index in [9.17, 15) is 0 Å². The van der Waals surface area contributed by atoms with Crippen LogP contribution in [0.1, 0.15) is 0 Å². The summed E-state index contributed by atoms with van der Waals surface area (Å²) in [5.74, 6) is 0.574. The van der Waals surface area contributed by atoms with Crippen LogP contribution in [0.3, 0.4) is 0 Å². The van der Waals surface area contributed by atoms with Gasteiger partial charge in [-0.05, 0) is 58.6 Å². The molecule has 0 N–H and O–H groups in total. The highest BCUT2D eigenvalue weighted by Crippen LogP contribution is 2.49. The van der Waals surface area contributed by atoms with Gasteiger partial charge in [0.05, 0.1) is 5.69 Å². The first kappa shape index (κ1) is 23.8. The number of hydrogen-bond acceptors (Lipinski definition) is 4. The zero-order chi connectivity index (χ0) is 28.3. The van der Waals surface area contributed by atoms with Crippen LogP contribution in [0.2, 0.25) is 0 Å². The molecular weight excluding hydrogens is 528 g/mol. The molecule has 0 saturated heterocycles. The van der Waals surface area contributed by atoms with E-state index in [0.717, 1.165) is 60.9 Å². The average Bonchev–Trinajstić information content (AvgIpc) is 3.67. The van der Waals surface area contributed by atoms with E-state index in [1.807, 2.05) is 54.6 Å². The van der Waals surface area contributed by atoms with Gasteiger partial charge in [0.2, 0.25) is 5.89 Å². The van der Waals surface area contributed by atoms with Crippen molar-refractivity contribution < 1.29 is 8.83 Å². The Morgan fingerprint density at radius 1 is 0.488 bits per heavy atom. The summed E-state index contributed by atoms with van der Waals surface area (Å²) in [5.41, 5.74) is 6.86. The van der Waals surface area contributed by atoms with E-state index in [1.54, 1.807) is 0 Å². The van der Waals surface area contributed by atoms with Crippen LogP contribution in [0.5, 0.6) is 0 Å². The van der Waals surface area contributed by atoms with E-state index >= 15 is 0 Å². The molecule has 0 amide bonds. The van der Waals surface area contributed by atoms with Gasteiger partial charge in [0, 0.05) is 27.4 Å². The van der Waals surface area contributed by atoms with Gasteiger partial charge in [-0.2, -0.15) is 0 Å². The Kier molecular flexibility index (Phi) is 5.16. The lowest BCUT2D eigenvalue weighted by Gasteiger charge is -2.27. The molecule has 4 nitrogen and oxygen atoms in total. The number of fused-ring (bicyclic) bond motifs is 7. The second-order valence-corrected chi connectivity index (χ2v) is 10.8. The van der Waals surface area contributed by atoms with E-state index in [0.29, 0.717) is 11.5 Å². The van der Waals surface area contributed by atoms with Crippen molar-refractivity contribution in [1.82, 2.24) is 4.98 Å². The summed E-state index contributed by atoms with van der Waals surface area (Å²) in [6.45, 7) is 0. The van der Waals surface area contributed by atoms with Crippen molar-refractivity contribution in [3.05, 3.63) is 146 Å². The maximum Gasteiger partial charge on any atom is 0.227 e. The van der Waals surface area contributed by atoms with Gasteiger partial charge in [-0.1, -0.05) is 103 Å². The second-order valence-electron chi connectivity index (χ2n) is 10.8.